The topological polar surface area (TPSA) is 66.5 Å². The first-order valence-electron chi connectivity index (χ1n) is 9.23. The van der Waals surface area contributed by atoms with Crippen LogP contribution in [0.25, 0.3) is 0 Å². The molecule has 0 fully saturated rings. The maximum Gasteiger partial charge on any atom is 0.264 e. The molecular formula is C23H24N2O3S. The Bertz CT molecular complexity index is 1150. The van der Waals surface area contributed by atoms with Gasteiger partial charge in [0, 0.05) is 12.7 Å². The minimum absolute atomic E-state index is 0.176. The predicted molar refractivity (Wildman–Crippen MR) is 117 cm³/mol. The second-order valence-electron chi connectivity index (χ2n) is 7.08. The van der Waals surface area contributed by atoms with E-state index >= 15 is 0 Å². The van der Waals surface area contributed by atoms with E-state index in [1.165, 1.54) is 7.05 Å². The fourth-order valence-corrected chi connectivity index (χ4v) is 4.30. The van der Waals surface area contributed by atoms with E-state index in [1.807, 2.05) is 39.0 Å². The molecule has 3 aromatic carbocycles. The van der Waals surface area contributed by atoms with Crippen molar-refractivity contribution in [2.75, 3.05) is 16.7 Å². The van der Waals surface area contributed by atoms with E-state index in [1.54, 1.807) is 48.5 Å². The predicted octanol–water partition coefficient (Wildman–Crippen LogP) is 4.69. The first-order chi connectivity index (χ1) is 13.7. The Kier molecular flexibility index (Phi) is 5.75. The molecule has 0 atom stereocenters. The van der Waals surface area contributed by atoms with E-state index in [4.69, 9.17) is 0 Å². The number of sulfonamides is 1. The van der Waals surface area contributed by atoms with Gasteiger partial charge in [0.2, 0.25) is 0 Å². The van der Waals surface area contributed by atoms with Crippen LogP contribution in [-0.2, 0) is 10.0 Å². The standard InChI is InChI=1S/C23H24N2O3S/c1-16-9-12-19(13-10-16)29(27,28)25(4)22-8-6-5-7-20(22)23(26)24-21-14-11-17(2)15-18(21)3/h5-15H,1-4H3,(H,24,26). The third kappa shape index (κ3) is 4.32. The highest BCUT2D eigenvalue weighted by Gasteiger charge is 2.25. The van der Waals surface area contributed by atoms with Gasteiger partial charge in [-0.1, -0.05) is 47.5 Å². The maximum absolute atomic E-state index is 13.1. The van der Waals surface area contributed by atoms with Gasteiger partial charge in [0.1, 0.15) is 0 Å². The van der Waals surface area contributed by atoms with Crippen LogP contribution in [0, 0.1) is 20.8 Å². The van der Waals surface area contributed by atoms with Crippen LogP contribution in [0.1, 0.15) is 27.0 Å². The summed E-state index contributed by atoms with van der Waals surface area (Å²) in [5, 5.41) is 2.89. The largest absolute Gasteiger partial charge is 0.322 e. The minimum atomic E-state index is -3.80. The molecule has 0 unspecified atom stereocenters. The molecule has 0 bridgehead atoms. The number of hydrogen-bond donors (Lipinski definition) is 1. The number of para-hydroxylation sites is 1. The lowest BCUT2D eigenvalue weighted by Gasteiger charge is -2.22. The van der Waals surface area contributed by atoms with Crippen LogP contribution in [-0.4, -0.2) is 21.4 Å². The molecule has 1 amide bonds. The fraction of sp³-hybridized carbons (Fsp3) is 0.174. The Balaban J connectivity index is 1.95. The molecule has 0 radical (unpaired) electrons. The van der Waals surface area contributed by atoms with Crippen LogP contribution in [0.4, 0.5) is 11.4 Å². The Morgan fingerprint density at radius 3 is 2.14 bits per heavy atom. The molecule has 1 N–H and O–H groups in total. The molecule has 6 heteroatoms. The van der Waals surface area contributed by atoms with Crippen molar-refractivity contribution >= 4 is 27.3 Å². The minimum Gasteiger partial charge on any atom is -0.322 e. The van der Waals surface area contributed by atoms with Crippen LogP contribution in [0.2, 0.25) is 0 Å². The normalized spacial score (nSPS) is 11.2. The zero-order valence-corrected chi connectivity index (χ0v) is 17.7. The van der Waals surface area contributed by atoms with Gasteiger partial charge in [-0.15, -0.1) is 0 Å². The molecule has 0 saturated heterocycles. The van der Waals surface area contributed by atoms with E-state index in [0.29, 0.717) is 11.4 Å². The van der Waals surface area contributed by atoms with Gasteiger partial charge >= 0.3 is 0 Å². The summed E-state index contributed by atoms with van der Waals surface area (Å²) in [5.74, 6) is -0.362. The number of anilines is 2. The highest BCUT2D eigenvalue weighted by atomic mass is 32.2. The van der Waals surface area contributed by atoms with Crippen LogP contribution in [0.5, 0.6) is 0 Å². The average Bonchev–Trinajstić information content (AvgIpc) is 2.69. The second-order valence-corrected chi connectivity index (χ2v) is 9.04. The Morgan fingerprint density at radius 2 is 1.48 bits per heavy atom. The monoisotopic (exact) mass is 408 g/mol. The number of hydrogen-bond acceptors (Lipinski definition) is 3. The van der Waals surface area contributed by atoms with Crippen molar-refractivity contribution in [1.82, 2.24) is 0 Å². The SMILES string of the molecule is Cc1ccc(S(=O)(=O)N(C)c2ccccc2C(=O)Nc2ccc(C)cc2C)cc1. The number of aryl methyl sites for hydroxylation is 3. The molecule has 3 aromatic rings. The highest BCUT2D eigenvalue weighted by molar-refractivity contribution is 7.92. The number of nitrogens with one attached hydrogen (secondary N) is 1. The second kappa shape index (κ2) is 8.09. The van der Waals surface area contributed by atoms with E-state index in [9.17, 15) is 13.2 Å². The summed E-state index contributed by atoms with van der Waals surface area (Å²) in [5.41, 5.74) is 4.31. The molecule has 0 aromatic heterocycles. The van der Waals surface area contributed by atoms with Crippen molar-refractivity contribution in [2.24, 2.45) is 0 Å². The lowest BCUT2D eigenvalue weighted by Crippen LogP contribution is -2.29. The number of rotatable bonds is 5. The van der Waals surface area contributed by atoms with Crippen molar-refractivity contribution in [1.29, 1.82) is 0 Å². The third-order valence-electron chi connectivity index (χ3n) is 4.80. The molecule has 3 rings (SSSR count). The number of carbonyl (C=O) groups excluding carboxylic acids is 1. The summed E-state index contributed by atoms with van der Waals surface area (Å²) < 4.78 is 27.3. The lowest BCUT2D eigenvalue weighted by molar-refractivity contribution is 0.102. The molecule has 0 aliphatic heterocycles. The number of carbonyl (C=O) groups is 1. The third-order valence-corrected chi connectivity index (χ3v) is 6.58. The molecular weight excluding hydrogens is 384 g/mol. The highest BCUT2D eigenvalue weighted by Crippen LogP contribution is 2.27. The molecule has 0 aliphatic rings. The summed E-state index contributed by atoms with van der Waals surface area (Å²) in [7, 11) is -2.34. The molecule has 5 nitrogen and oxygen atoms in total. The fourth-order valence-electron chi connectivity index (χ4n) is 3.08. The van der Waals surface area contributed by atoms with E-state index in [0.717, 1.165) is 21.0 Å². The molecule has 0 spiro atoms. The van der Waals surface area contributed by atoms with Crippen molar-refractivity contribution < 1.29 is 13.2 Å². The van der Waals surface area contributed by atoms with E-state index in [-0.39, 0.29) is 16.4 Å². The van der Waals surface area contributed by atoms with Gasteiger partial charge in [0.25, 0.3) is 15.9 Å². The van der Waals surface area contributed by atoms with Gasteiger partial charge in [-0.05, 0) is 56.7 Å². The number of benzene rings is 3. The Labute approximate surface area is 172 Å². The number of nitrogens with zero attached hydrogens (tertiary/aromatic N) is 1. The smallest absolute Gasteiger partial charge is 0.264 e. The van der Waals surface area contributed by atoms with Crippen LogP contribution in [0.15, 0.2) is 71.6 Å². The van der Waals surface area contributed by atoms with E-state index in [2.05, 4.69) is 5.32 Å². The van der Waals surface area contributed by atoms with Gasteiger partial charge in [0.05, 0.1) is 16.1 Å². The average molecular weight is 409 g/mol. The lowest BCUT2D eigenvalue weighted by atomic mass is 10.1. The maximum atomic E-state index is 13.1. The molecule has 0 heterocycles. The molecule has 0 aliphatic carbocycles. The molecule has 150 valence electrons. The summed E-state index contributed by atoms with van der Waals surface area (Å²) in [6.45, 7) is 5.80. The van der Waals surface area contributed by atoms with E-state index < -0.39 is 10.0 Å². The molecule has 29 heavy (non-hydrogen) atoms. The van der Waals surface area contributed by atoms with Gasteiger partial charge in [0.15, 0.2) is 0 Å². The summed E-state index contributed by atoms with van der Waals surface area (Å²) in [6, 6.07) is 19.1. The zero-order chi connectivity index (χ0) is 21.2. The Hall–Kier alpha value is -3.12. The molecule has 0 saturated carbocycles. The summed E-state index contributed by atoms with van der Waals surface area (Å²) in [4.78, 5) is 13.1. The summed E-state index contributed by atoms with van der Waals surface area (Å²) in [6.07, 6.45) is 0. The van der Waals surface area contributed by atoms with Crippen molar-refractivity contribution in [3.05, 3.63) is 89.0 Å². The van der Waals surface area contributed by atoms with Crippen molar-refractivity contribution in [3.8, 4) is 0 Å². The van der Waals surface area contributed by atoms with Gasteiger partial charge in [-0.3, -0.25) is 9.10 Å². The quantitative estimate of drug-likeness (QED) is 0.666. The first kappa shape index (κ1) is 20.6. The van der Waals surface area contributed by atoms with Crippen LogP contribution >= 0.6 is 0 Å². The van der Waals surface area contributed by atoms with Crippen molar-refractivity contribution in [2.45, 2.75) is 25.7 Å². The van der Waals surface area contributed by atoms with Gasteiger partial charge < -0.3 is 5.32 Å². The van der Waals surface area contributed by atoms with Crippen LogP contribution in [0.3, 0.4) is 0 Å². The number of amides is 1. The first-order valence-corrected chi connectivity index (χ1v) is 10.7. The summed E-state index contributed by atoms with van der Waals surface area (Å²) >= 11 is 0. The zero-order valence-electron chi connectivity index (χ0n) is 16.9. The Morgan fingerprint density at radius 1 is 0.862 bits per heavy atom. The van der Waals surface area contributed by atoms with Gasteiger partial charge in [-0.25, -0.2) is 8.42 Å². The van der Waals surface area contributed by atoms with Crippen molar-refractivity contribution in [3.63, 3.8) is 0 Å². The van der Waals surface area contributed by atoms with Crippen LogP contribution < -0.4 is 9.62 Å². The van der Waals surface area contributed by atoms with Gasteiger partial charge in [-0.2, -0.15) is 0 Å².